The third kappa shape index (κ3) is 3.03. The molecule has 0 radical (unpaired) electrons. The van der Waals surface area contributed by atoms with Crippen molar-refractivity contribution < 1.29 is 21.6 Å². The molecule has 2 nitrogen and oxygen atoms in total. The lowest BCUT2D eigenvalue weighted by Crippen LogP contribution is -2.12. The first-order chi connectivity index (χ1) is 10.7. The lowest BCUT2D eigenvalue weighted by atomic mass is 10.2. The minimum Gasteiger partial charge on any atom is -0.224 e. The summed E-state index contributed by atoms with van der Waals surface area (Å²) in [6.45, 7) is 0. The molecule has 1 heterocycles. The van der Waals surface area contributed by atoms with Crippen LogP contribution in [0.25, 0.3) is 6.08 Å². The maximum absolute atomic E-state index is 13.3. The van der Waals surface area contributed by atoms with Crippen molar-refractivity contribution in [2.45, 2.75) is 20.9 Å². The number of alkyl halides is 3. The Labute approximate surface area is 134 Å². The van der Waals surface area contributed by atoms with Crippen LogP contribution in [0.3, 0.4) is 0 Å². The standard InChI is InChI=1S/C16H13F3O2S2/c1-23(20,21)15-7-6-12(10-13(15)16(17,18)19)22-9-8-11-4-2-3-5-14(11)22/h2-10,22H,1H3. The Morgan fingerprint density at radius 2 is 1.74 bits per heavy atom. The fourth-order valence-corrected chi connectivity index (χ4v) is 5.51. The van der Waals surface area contributed by atoms with E-state index in [9.17, 15) is 21.6 Å². The lowest BCUT2D eigenvalue weighted by Gasteiger charge is -2.19. The van der Waals surface area contributed by atoms with E-state index < -0.39 is 37.4 Å². The van der Waals surface area contributed by atoms with E-state index >= 15 is 0 Å². The van der Waals surface area contributed by atoms with Crippen LogP contribution in [0.5, 0.6) is 0 Å². The van der Waals surface area contributed by atoms with Crippen molar-refractivity contribution in [3.63, 3.8) is 0 Å². The largest absolute Gasteiger partial charge is 0.417 e. The van der Waals surface area contributed by atoms with E-state index in [1.807, 2.05) is 35.7 Å². The molecule has 1 atom stereocenters. The van der Waals surface area contributed by atoms with E-state index in [0.717, 1.165) is 28.8 Å². The van der Waals surface area contributed by atoms with Gasteiger partial charge in [-0.25, -0.2) is 8.42 Å². The second kappa shape index (κ2) is 5.42. The number of hydrogen-bond acceptors (Lipinski definition) is 2. The summed E-state index contributed by atoms with van der Waals surface area (Å²) in [6, 6.07) is 11.0. The first-order valence-corrected chi connectivity index (χ1v) is 9.96. The molecule has 23 heavy (non-hydrogen) atoms. The highest BCUT2D eigenvalue weighted by atomic mass is 32.2. The van der Waals surface area contributed by atoms with Crippen LogP contribution in [0.4, 0.5) is 13.2 Å². The van der Waals surface area contributed by atoms with Gasteiger partial charge in [-0.15, -0.1) is 0 Å². The first kappa shape index (κ1) is 16.1. The van der Waals surface area contributed by atoms with Gasteiger partial charge in [0.05, 0.1) is 10.5 Å². The molecule has 2 aromatic carbocycles. The van der Waals surface area contributed by atoms with Crippen LogP contribution in [0.15, 0.2) is 62.6 Å². The Bertz CT molecular complexity index is 900. The Hall–Kier alpha value is -1.73. The Morgan fingerprint density at radius 1 is 1.04 bits per heavy atom. The van der Waals surface area contributed by atoms with Gasteiger partial charge in [-0.05, 0) is 46.2 Å². The van der Waals surface area contributed by atoms with Crippen LogP contribution in [-0.4, -0.2) is 14.7 Å². The second-order valence-corrected chi connectivity index (χ2v) is 9.22. The number of fused-ring (bicyclic) bond motifs is 1. The zero-order valence-corrected chi connectivity index (χ0v) is 13.7. The molecule has 7 heteroatoms. The van der Waals surface area contributed by atoms with Crippen molar-refractivity contribution in [1.29, 1.82) is 0 Å². The number of hydrogen-bond donors (Lipinski definition) is 1. The summed E-state index contributed by atoms with van der Waals surface area (Å²) >= 11 is 0. The summed E-state index contributed by atoms with van der Waals surface area (Å²) in [6.07, 6.45) is -2.04. The average Bonchev–Trinajstić information content (AvgIpc) is 2.88. The smallest absolute Gasteiger partial charge is 0.224 e. The Morgan fingerprint density at radius 3 is 2.39 bits per heavy atom. The predicted molar refractivity (Wildman–Crippen MR) is 85.5 cm³/mol. The van der Waals surface area contributed by atoms with Crippen LogP contribution >= 0.6 is 10.9 Å². The minimum absolute atomic E-state index is 0.487. The molecular weight excluding hydrogens is 345 g/mol. The van der Waals surface area contributed by atoms with Gasteiger partial charge in [-0.1, -0.05) is 18.2 Å². The molecule has 0 saturated heterocycles. The molecule has 3 rings (SSSR count). The molecule has 0 aromatic heterocycles. The molecule has 0 saturated carbocycles. The van der Waals surface area contributed by atoms with Gasteiger partial charge >= 0.3 is 6.18 Å². The summed E-state index contributed by atoms with van der Waals surface area (Å²) in [4.78, 5) is 0.781. The average molecular weight is 358 g/mol. The number of thiol groups is 1. The Kier molecular flexibility index (Phi) is 3.80. The van der Waals surface area contributed by atoms with Gasteiger partial charge in [-0.2, -0.15) is 24.1 Å². The summed E-state index contributed by atoms with van der Waals surface area (Å²) in [7, 11) is -4.99. The van der Waals surface area contributed by atoms with E-state index in [1.165, 1.54) is 6.07 Å². The minimum atomic E-state index is -4.72. The molecule has 122 valence electrons. The molecular formula is C16H13F3O2S2. The molecule has 1 aliphatic heterocycles. The van der Waals surface area contributed by atoms with E-state index in [1.54, 1.807) is 0 Å². The van der Waals surface area contributed by atoms with Gasteiger partial charge < -0.3 is 0 Å². The third-order valence-corrected chi connectivity index (χ3v) is 6.91. The first-order valence-electron chi connectivity index (χ1n) is 6.66. The van der Waals surface area contributed by atoms with E-state index in [2.05, 4.69) is 0 Å². The predicted octanol–water partition coefficient (Wildman–Crippen LogP) is 4.51. The number of benzene rings is 2. The maximum atomic E-state index is 13.3. The van der Waals surface area contributed by atoms with Crippen LogP contribution in [0.1, 0.15) is 11.1 Å². The van der Waals surface area contributed by atoms with E-state index in [-0.39, 0.29) is 0 Å². The Balaban J connectivity index is 2.16. The normalized spacial score (nSPS) is 18.9. The van der Waals surface area contributed by atoms with Crippen molar-refractivity contribution in [3.8, 4) is 0 Å². The van der Waals surface area contributed by atoms with E-state index in [4.69, 9.17) is 0 Å². The van der Waals surface area contributed by atoms with Crippen molar-refractivity contribution in [3.05, 3.63) is 59.0 Å². The zero-order chi connectivity index (χ0) is 16.8. The van der Waals surface area contributed by atoms with Gasteiger partial charge in [-0.3, -0.25) is 0 Å². The fourth-order valence-electron chi connectivity index (χ4n) is 2.52. The van der Waals surface area contributed by atoms with Crippen molar-refractivity contribution in [1.82, 2.24) is 0 Å². The molecule has 0 bridgehead atoms. The summed E-state index contributed by atoms with van der Waals surface area (Å²) in [5.41, 5.74) is -0.114. The van der Waals surface area contributed by atoms with Crippen molar-refractivity contribution >= 4 is 26.8 Å². The zero-order valence-electron chi connectivity index (χ0n) is 12.0. The highest BCUT2D eigenvalue weighted by Crippen LogP contribution is 2.53. The fraction of sp³-hybridized carbons (Fsp3) is 0.125. The second-order valence-electron chi connectivity index (χ2n) is 5.19. The monoisotopic (exact) mass is 358 g/mol. The molecule has 0 aliphatic carbocycles. The SMILES string of the molecule is CS(=O)(=O)c1ccc([SH]2C=Cc3ccccc32)cc1C(F)(F)F. The highest BCUT2D eigenvalue weighted by molar-refractivity contribution is 8.20. The highest BCUT2D eigenvalue weighted by Gasteiger charge is 2.36. The molecule has 2 aromatic rings. The van der Waals surface area contributed by atoms with Crippen LogP contribution in [0.2, 0.25) is 0 Å². The quantitative estimate of drug-likeness (QED) is 0.802. The number of halogens is 3. The van der Waals surface area contributed by atoms with Crippen molar-refractivity contribution in [2.75, 3.05) is 6.26 Å². The van der Waals surface area contributed by atoms with Gasteiger partial charge in [0.2, 0.25) is 0 Å². The number of sulfone groups is 1. The van der Waals surface area contributed by atoms with Crippen LogP contribution in [-0.2, 0) is 16.0 Å². The van der Waals surface area contributed by atoms with Gasteiger partial charge in [0, 0.05) is 11.2 Å². The molecule has 0 fully saturated rings. The van der Waals surface area contributed by atoms with E-state index in [0.29, 0.717) is 4.90 Å². The van der Waals surface area contributed by atoms with Gasteiger partial charge in [0.25, 0.3) is 0 Å². The topological polar surface area (TPSA) is 34.1 Å². The molecule has 0 amide bonds. The number of rotatable bonds is 2. The third-order valence-electron chi connectivity index (χ3n) is 3.55. The van der Waals surface area contributed by atoms with Gasteiger partial charge in [0.15, 0.2) is 9.84 Å². The molecule has 0 spiro atoms. The molecule has 1 aliphatic rings. The maximum Gasteiger partial charge on any atom is 0.417 e. The van der Waals surface area contributed by atoms with Crippen molar-refractivity contribution in [2.24, 2.45) is 0 Å². The summed E-state index contributed by atoms with van der Waals surface area (Å²) in [5, 5.41) is 1.88. The lowest BCUT2D eigenvalue weighted by molar-refractivity contribution is -0.140. The summed E-state index contributed by atoms with van der Waals surface area (Å²) < 4.78 is 63.0. The van der Waals surface area contributed by atoms with Crippen LogP contribution in [0, 0.1) is 0 Å². The molecule has 0 N–H and O–H groups in total. The summed E-state index contributed by atoms with van der Waals surface area (Å²) in [5.74, 6) is 0. The van der Waals surface area contributed by atoms with Crippen LogP contribution < -0.4 is 0 Å². The van der Waals surface area contributed by atoms with Gasteiger partial charge in [0.1, 0.15) is 0 Å². The molecule has 1 unspecified atom stereocenters.